The maximum Gasteiger partial charge on any atom is 0.236 e. The molecule has 3 rings (SSSR count). The molecule has 6 nitrogen and oxygen atoms in total. The molecule has 0 bridgehead atoms. The molecule has 2 fully saturated rings. The van der Waals surface area contributed by atoms with Gasteiger partial charge in [0.15, 0.2) is 5.78 Å². The maximum atomic E-state index is 14.3. The molecule has 0 aliphatic carbocycles. The molecule has 0 aromatic heterocycles. The molecule has 1 N–H and O–H groups in total. The molecule has 1 atom stereocenters. The van der Waals surface area contributed by atoms with Crippen LogP contribution in [0.1, 0.15) is 24.2 Å². The molecular weight excluding hydrogens is 406 g/mol. The minimum atomic E-state index is -0.382. The molecule has 0 radical (unpaired) electrons. The summed E-state index contributed by atoms with van der Waals surface area (Å²) in [5.41, 5.74) is 0.878. The van der Waals surface area contributed by atoms with Crippen molar-refractivity contribution in [2.75, 3.05) is 57.3 Å². The molecule has 28 heavy (non-hydrogen) atoms. The first-order chi connectivity index (χ1) is 12.5. The van der Waals surface area contributed by atoms with Crippen molar-refractivity contribution in [3.63, 3.8) is 0 Å². The Morgan fingerprint density at radius 2 is 1.82 bits per heavy atom. The number of nitrogens with one attached hydrogen (secondary N) is 1. The van der Waals surface area contributed by atoms with Crippen molar-refractivity contribution in [1.82, 2.24) is 15.1 Å². The highest BCUT2D eigenvalue weighted by atomic mass is 35.5. The first-order valence-corrected chi connectivity index (χ1v) is 9.23. The highest BCUT2D eigenvalue weighted by Gasteiger charge is 2.26. The Morgan fingerprint density at radius 3 is 2.39 bits per heavy atom. The summed E-state index contributed by atoms with van der Waals surface area (Å²) >= 11 is 0. The molecule has 2 aliphatic rings. The molecule has 1 aromatic carbocycles. The summed E-state index contributed by atoms with van der Waals surface area (Å²) in [5.74, 6) is -0.383. The summed E-state index contributed by atoms with van der Waals surface area (Å²) in [5, 5.41) is 3.33. The lowest BCUT2D eigenvalue weighted by atomic mass is 10.1. The van der Waals surface area contributed by atoms with Crippen molar-refractivity contribution in [1.29, 1.82) is 0 Å². The van der Waals surface area contributed by atoms with Crippen molar-refractivity contribution in [2.45, 2.75) is 19.9 Å². The van der Waals surface area contributed by atoms with Crippen LogP contribution in [-0.2, 0) is 4.79 Å². The number of ketones is 1. The van der Waals surface area contributed by atoms with E-state index in [2.05, 4.69) is 17.1 Å². The number of benzene rings is 1. The van der Waals surface area contributed by atoms with Crippen LogP contribution in [0.3, 0.4) is 0 Å². The van der Waals surface area contributed by atoms with Gasteiger partial charge in [0.05, 0.1) is 12.2 Å². The fourth-order valence-electron chi connectivity index (χ4n) is 3.57. The number of carbonyl (C=O) groups is 2. The van der Waals surface area contributed by atoms with E-state index in [1.807, 2.05) is 9.80 Å². The van der Waals surface area contributed by atoms with E-state index in [0.717, 1.165) is 19.6 Å². The quantitative estimate of drug-likeness (QED) is 0.732. The van der Waals surface area contributed by atoms with Crippen LogP contribution in [0.25, 0.3) is 0 Å². The molecule has 1 amide bonds. The predicted octanol–water partition coefficient (Wildman–Crippen LogP) is 1.81. The molecule has 1 aromatic rings. The van der Waals surface area contributed by atoms with E-state index in [1.165, 1.54) is 13.0 Å². The minimum Gasteiger partial charge on any atom is -0.366 e. The van der Waals surface area contributed by atoms with Gasteiger partial charge in [-0.1, -0.05) is 0 Å². The van der Waals surface area contributed by atoms with Gasteiger partial charge >= 0.3 is 0 Å². The topological polar surface area (TPSA) is 55.9 Å². The zero-order valence-corrected chi connectivity index (χ0v) is 18.0. The van der Waals surface area contributed by atoms with Gasteiger partial charge in [-0.25, -0.2) is 4.39 Å². The highest BCUT2D eigenvalue weighted by molar-refractivity contribution is 5.94. The summed E-state index contributed by atoms with van der Waals surface area (Å²) in [6.07, 6.45) is 0. The zero-order chi connectivity index (χ0) is 18.7. The normalized spacial score (nSPS) is 20.2. The lowest BCUT2D eigenvalue weighted by molar-refractivity contribution is -0.133. The third kappa shape index (κ3) is 5.80. The maximum absolute atomic E-state index is 14.3. The number of Topliss-reactive ketones (excluding diaryl/α,β-unsaturated/α-hetero) is 1. The van der Waals surface area contributed by atoms with Crippen molar-refractivity contribution in [2.24, 2.45) is 0 Å². The number of halogens is 3. The van der Waals surface area contributed by atoms with Crippen LogP contribution in [0.15, 0.2) is 18.2 Å². The second kappa shape index (κ2) is 11.0. The number of hydrogen-bond donors (Lipinski definition) is 1. The molecular formula is C19H29Cl2FN4O2. The van der Waals surface area contributed by atoms with E-state index < -0.39 is 0 Å². The van der Waals surface area contributed by atoms with Gasteiger partial charge in [-0.05, 0) is 32.0 Å². The number of hydrogen-bond acceptors (Lipinski definition) is 5. The summed E-state index contributed by atoms with van der Waals surface area (Å²) in [6.45, 7) is 9.10. The highest BCUT2D eigenvalue weighted by Crippen LogP contribution is 2.22. The fourth-order valence-corrected chi connectivity index (χ4v) is 3.57. The van der Waals surface area contributed by atoms with E-state index in [-0.39, 0.29) is 42.3 Å². The lowest BCUT2D eigenvalue weighted by Gasteiger charge is -2.39. The van der Waals surface area contributed by atoms with Gasteiger partial charge in [0, 0.05) is 57.4 Å². The van der Waals surface area contributed by atoms with E-state index in [1.54, 1.807) is 12.1 Å². The van der Waals surface area contributed by atoms with Gasteiger partial charge in [-0.15, -0.1) is 24.8 Å². The molecule has 2 aliphatic heterocycles. The standard InChI is InChI=1S/C19H27FN4O2.2ClH/c1-14-12-21-5-6-24(14)13-19(26)23-9-7-22(8-10-23)18-4-3-16(15(2)25)11-17(18)20;;/h3-4,11,14,21H,5-10,12-13H2,1-2H3;2*1H/t14-;;/m1../s1. The molecule has 158 valence electrons. The second-order valence-electron chi connectivity index (χ2n) is 7.11. The van der Waals surface area contributed by atoms with E-state index in [0.29, 0.717) is 50.0 Å². The number of anilines is 1. The summed E-state index contributed by atoms with van der Waals surface area (Å²) in [7, 11) is 0. The number of nitrogens with zero attached hydrogens (tertiary/aromatic N) is 3. The van der Waals surface area contributed by atoms with E-state index in [4.69, 9.17) is 0 Å². The molecule has 9 heteroatoms. The smallest absolute Gasteiger partial charge is 0.236 e. The Morgan fingerprint density at radius 1 is 1.14 bits per heavy atom. The third-order valence-corrected chi connectivity index (χ3v) is 5.30. The van der Waals surface area contributed by atoms with E-state index >= 15 is 0 Å². The second-order valence-corrected chi connectivity index (χ2v) is 7.11. The molecule has 0 unspecified atom stereocenters. The number of rotatable bonds is 4. The van der Waals surface area contributed by atoms with Crippen LogP contribution >= 0.6 is 24.8 Å². The van der Waals surface area contributed by atoms with Gasteiger partial charge in [0.25, 0.3) is 0 Å². The van der Waals surface area contributed by atoms with Gasteiger partial charge in [0.2, 0.25) is 5.91 Å². The summed E-state index contributed by atoms with van der Waals surface area (Å²) < 4.78 is 14.3. The average Bonchev–Trinajstić information content (AvgIpc) is 2.63. The number of piperazine rings is 2. The van der Waals surface area contributed by atoms with Crippen LogP contribution in [0.4, 0.5) is 10.1 Å². The zero-order valence-electron chi connectivity index (χ0n) is 16.3. The number of carbonyl (C=O) groups excluding carboxylic acids is 2. The first kappa shape index (κ1) is 24.6. The lowest BCUT2D eigenvalue weighted by Crippen LogP contribution is -2.55. The van der Waals surface area contributed by atoms with Crippen LogP contribution in [0.5, 0.6) is 0 Å². The van der Waals surface area contributed by atoms with Crippen molar-refractivity contribution in [3.05, 3.63) is 29.6 Å². The van der Waals surface area contributed by atoms with Crippen LogP contribution < -0.4 is 10.2 Å². The molecule has 2 saturated heterocycles. The Labute approximate surface area is 178 Å². The van der Waals surface area contributed by atoms with Gasteiger partial charge in [-0.2, -0.15) is 0 Å². The summed E-state index contributed by atoms with van der Waals surface area (Å²) in [6, 6.07) is 4.97. The minimum absolute atomic E-state index is 0. The van der Waals surface area contributed by atoms with Crippen LogP contribution in [0.2, 0.25) is 0 Å². The van der Waals surface area contributed by atoms with Crippen LogP contribution in [0, 0.1) is 5.82 Å². The first-order valence-electron chi connectivity index (χ1n) is 9.23. The summed E-state index contributed by atoms with van der Waals surface area (Å²) in [4.78, 5) is 30.0. The van der Waals surface area contributed by atoms with Gasteiger partial charge in [-0.3, -0.25) is 14.5 Å². The van der Waals surface area contributed by atoms with Crippen LogP contribution in [-0.4, -0.2) is 79.9 Å². The van der Waals surface area contributed by atoms with Crippen molar-refractivity contribution in [3.8, 4) is 0 Å². The molecule has 0 spiro atoms. The molecule has 0 saturated carbocycles. The Hall–Kier alpha value is -1.41. The van der Waals surface area contributed by atoms with Gasteiger partial charge in [0.1, 0.15) is 5.82 Å². The van der Waals surface area contributed by atoms with Crippen molar-refractivity contribution >= 4 is 42.2 Å². The third-order valence-electron chi connectivity index (χ3n) is 5.30. The Balaban J connectivity index is 0.00000196. The average molecular weight is 435 g/mol. The largest absolute Gasteiger partial charge is 0.366 e. The predicted molar refractivity (Wildman–Crippen MR) is 114 cm³/mol. The monoisotopic (exact) mass is 434 g/mol. The Bertz CT molecular complexity index is 684. The Kier molecular flexibility index (Phi) is 9.63. The van der Waals surface area contributed by atoms with Crippen molar-refractivity contribution < 1.29 is 14.0 Å². The fraction of sp³-hybridized carbons (Fsp3) is 0.579. The van der Waals surface area contributed by atoms with E-state index in [9.17, 15) is 14.0 Å². The number of amides is 1. The van der Waals surface area contributed by atoms with Gasteiger partial charge < -0.3 is 15.1 Å². The SMILES string of the molecule is CC(=O)c1ccc(N2CCN(C(=O)CN3CCNC[C@H]3C)CC2)c(F)c1.Cl.Cl. The molecule has 2 heterocycles.